The molecule has 0 aliphatic carbocycles. The smallest absolute Gasteiger partial charge is 0.0406 e. The Balaban J connectivity index is 1.79. The number of fused-ring (bicyclic) bond motifs is 2. The van der Waals surface area contributed by atoms with E-state index in [0.29, 0.717) is 5.92 Å². The number of hydrogen-bond acceptors (Lipinski definition) is 1. The monoisotopic (exact) mass is 355 g/mol. The molecule has 2 heterocycles. The van der Waals surface area contributed by atoms with Crippen LogP contribution < -0.4 is 0 Å². The SMILES string of the molecule is CC1=C(c2ccc(Cl)cc2)C2CN(CC=C2c2ccc(Cl)cc2)C1. The van der Waals surface area contributed by atoms with Crippen LogP contribution in [-0.2, 0) is 0 Å². The molecule has 0 radical (unpaired) electrons. The van der Waals surface area contributed by atoms with E-state index >= 15 is 0 Å². The summed E-state index contributed by atoms with van der Waals surface area (Å²) in [5, 5.41) is 1.57. The maximum absolute atomic E-state index is 6.08. The number of benzene rings is 2. The van der Waals surface area contributed by atoms with E-state index in [4.69, 9.17) is 23.2 Å². The van der Waals surface area contributed by atoms with Crippen molar-refractivity contribution in [3.63, 3.8) is 0 Å². The normalized spacial score (nSPS) is 23.2. The van der Waals surface area contributed by atoms with Crippen molar-refractivity contribution < 1.29 is 0 Å². The van der Waals surface area contributed by atoms with Crippen molar-refractivity contribution in [3.8, 4) is 0 Å². The van der Waals surface area contributed by atoms with Crippen LogP contribution >= 0.6 is 23.2 Å². The summed E-state index contributed by atoms with van der Waals surface area (Å²) in [7, 11) is 0. The van der Waals surface area contributed by atoms with Crippen LogP contribution in [0.1, 0.15) is 18.1 Å². The third-order valence-corrected chi connectivity index (χ3v) is 5.49. The lowest BCUT2D eigenvalue weighted by molar-refractivity contribution is 0.293. The molecule has 2 bridgehead atoms. The zero-order valence-corrected chi connectivity index (χ0v) is 15.1. The molecule has 0 N–H and O–H groups in total. The summed E-state index contributed by atoms with van der Waals surface area (Å²) in [6.45, 7) is 5.39. The van der Waals surface area contributed by atoms with Crippen molar-refractivity contribution >= 4 is 34.3 Å². The van der Waals surface area contributed by atoms with Crippen LogP contribution in [0, 0.1) is 5.92 Å². The van der Waals surface area contributed by atoms with Crippen LogP contribution in [-0.4, -0.2) is 24.5 Å². The Morgan fingerprint density at radius 2 is 1.46 bits per heavy atom. The molecule has 2 aliphatic heterocycles. The molecule has 4 rings (SSSR count). The van der Waals surface area contributed by atoms with Gasteiger partial charge in [0.2, 0.25) is 0 Å². The summed E-state index contributed by atoms with van der Waals surface area (Å²) in [6, 6.07) is 16.5. The van der Waals surface area contributed by atoms with E-state index in [1.54, 1.807) is 0 Å². The molecule has 0 spiro atoms. The van der Waals surface area contributed by atoms with Gasteiger partial charge in [0.1, 0.15) is 0 Å². The molecular formula is C21H19Cl2N. The molecule has 2 aromatic carbocycles. The van der Waals surface area contributed by atoms with Gasteiger partial charge in [0.25, 0.3) is 0 Å². The van der Waals surface area contributed by atoms with Crippen molar-refractivity contribution in [3.05, 3.63) is 81.4 Å². The van der Waals surface area contributed by atoms with Crippen molar-refractivity contribution in [2.75, 3.05) is 19.6 Å². The molecule has 2 aliphatic rings. The van der Waals surface area contributed by atoms with Crippen LogP contribution in [0.25, 0.3) is 11.1 Å². The molecular weight excluding hydrogens is 337 g/mol. The highest BCUT2D eigenvalue weighted by molar-refractivity contribution is 6.30. The number of hydrogen-bond donors (Lipinski definition) is 0. The first-order valence-electron chi connectivity index (χ1n) is 8.26. The van der Waals surface area contributed by atoms with Crippen molar-refractivity contribution in [2.24, 2.45) is 5.92 Å². The average molecular weight is 356 g/mol. The van der Waals surface area contributed by atoms with Gasteiger partial charge in [0.05, 0.1) is 0 Å². The first kappa shape index (κ1) is 16.0. The van der Waals surface area contributed by atoms with Gasteiger partial charge in [0, 0.05) is 35.6 Å². The van der Waals surface area contributed by atoms with Crippen molar-refractivity contribution in [2.45, 2.75) is 6.92 Å². The summed E-state index contributed by atoms with van der Waals surface area (Å²) in [6.07, 6.45) is 2.37. The van der Waals surface area contributed by atoms with Crippen LogP contribution in [0.2, 0.25) is 10.0 Å². The highest BCUT2D eigenvalue weighted by Crippen LogP contribution is 2.42. The van der Waals surface area contributed by atoms with Gasteiger partial charge in [-0.25, -0.2) is 0 Å². The standard InChI is InChI=1S/C21H19Cl2N/c1-14-12-24-11-10-19(15-2-6-17(22)7-3-15)20(13-24)21(14)16-4-8-18(23)9-5-16/h2-10,20H,11-13H2,1H3. The fourth-order valence-electron chi connectivity index (χ4n) is 3.93. The molecule has 122 valence electrons. The van der Waals surface area contributed by atoms with Gasteiger partial charge in [-0.15, -0.1) is 0 Å². The summed E-state index contributed by atoms with van der Waals surface area (Å²) >= 11 is 12.2. The molecule has 0 amide bonds. The molecule has 1 nitrogen and oxygen atoms in total. The van der Waals surface area contributed by atoms with Gasteiger partial charge in [-0.3, -0.25) is 4.90 Å². The molecule has 0 saturated heterocycles. The van der Waals surface area contributed by atoms with Crippen LogP contribution in [0.3, 0.4) is 0 Å². The molecule has 2 aromatic rings. The number of rotatable bonds is 2. The van der Waals surface area contributed by atoms with Gasteiger partial charge in [-0.05, 0) is 53.5 Å². The first-order chi connectivity index (χ1) is 11.6. The zero-order valence-electron chi connectivity index (χ0n) is 13.6. The van der Waals surface area contributed by atoms with E-state index in [1.165, 1.54) is 27.8 Å². The first-order valence-corrected chi connectivity index (χ1v) is 9.01. The topological polar surface area (TPSA) is 3.24 Å². The Bertz CT molecular complexity index is 816. The predicted molar refractivity (Wildman–Crippen MR) is 103 cm³/mol. The average Bonchev–Trinajstić information content (AvgIpc) is 2.58. The summed E-state index contributed by atoms with van der Waals surface area (Å²) in [5.41, 5.74) is 6.86. The molecule has 2 atom stereocenters. The van der Waals surface area contributed by atoms with E-state index < -0.39 is 0 Å². The van der Waals surface area contributed by atoms with Gasteiger partial charge < -0.3 is 0 Å². The van der Waals surface area contributed by atoms with E-state index in [-0.39, 0.29) is 0 Å². The minimum Gasteiger partial charge on any atom is -0.295 e. The largest absolute Gasteiger partial charge is 0.295 e. The van der Waals surface area contributed by atoms with Crippen molar-refractivity contribution in [1.29, 1.82) is 0 Å². The van der Waals surface area contributed by atoms with E-state index in [0.717, 1.165) is 29.7 Å². The Morgan fingerprint density at radius 1 is 0.875 bits per heavy atom. The Kier molecular flexibility index (Phi) is 4.26. The Labute approximate surface area is 153 Å². The van der Waals surface area contributed by atoms with Gasteiger partial charge >= 0.3 is 0 Å². The van der Waals surface area contributed by atoms with E-state index in [2.05, 4.69) is 42.2 Å². The van der Waals surface area contributed by atoms with Crippen LogP contribution in [0.4, 0.5) is 0 Å². The molecule has 3 heteroatoms. The fourth-order valence-corrected chi connectivity index (χ4v) is 4.19. The second-order valence-corrected chi connectivity index (χ2v) is 7.49. The van der Waals surface area contributed by atoms with Crippen molar-refractivity contribution in [1.82, 2.24) is 4.90 Å². The summed E-state index contributed by atoms with van der Waals surface area (Å²) in [5.74, 6) is 0.398. The zero-order chi connectivity index (χ0) is 16.7. The highest BCUT2D eigenvalue weighted by atomic mass is 35.5. The van der Waals surface area contributed by atoms with E-state index in [9.17, 15) is 0 Å². The molecule has 0 aromatic heterocycles. The maximum Gasteiger partial charge on any atom is 0.0406 e. The Hall–Kier alpha value is -1.54. The number of halogens is 2. The lowest BCUT2D eigenvalue weighted by Crippen LogP contribution is -2.40. The minimum atomic E-state index is 0.398. The lowest BCUT2D eigenvalue weighted by atomic mass is 9.76. The van der Waals surface area contributed by atoms with Crippen LogP contribution in [0.5, 0.6) is 0 Å². The second kappa shape index (κ2) is 6.40. The summed E-state index contributed by atoms with van der Waals surface area (Å²) < 4.78 is 0. The van der Waals surface area contributed by atoms with Gasteiger partial charge in [-0.1, -0.05) is 59.1 Å². The summed E-state index contributed by atoms with van der Waals surface area (Å²) in [4.78, 5) is 2.51. The second-order valence-electron chi connectivity index (χ2n) is 6.61. The molecule has 24 heavy (non-hydrogen) atoms. The third-order valence-electron chi connectivity index (χ3n) is 4.99. The lowest BCUT2D eigenvalue weighted by Gasteiger charge is -2.40. The fraction of sp³-hybridized carbons (Fsp3) is 0.238. The number of nitrogens with zero attached hydrogens (tertiary/aromatic N) is 1. The minimum absolute atomic E-state index is 0.398. The maximum atomic E-state index is 6.08. The quantitative estimate of drug-likeness (QED) is 0.658. The van der Waals surface area contributed by atoms with Crippen LogP contribution in [0.15, 0.2) is 60.2 Å². The molecule has 2 unspecified atom stereocenters. The molecule has 0 saturated carbocycles. The Morgan fingerprint density at radius 3 is 2.08 bits per heavy atom. The predicted octanol–water partition coefficient (Wildman–Crippen LogP) is 5.80. The van der Waals surface area contributed by atoms with Gasteiger partial charge in [-0.2, -0.15) is 0 Å². The molecule has 0 fully saturated rings. The van der Waals surface area contributed by atoms with Gasteiger partial charge in [0.15, 0.2) is 0 Å². The highest BCUT2D eigenvalue weighted by Gasteiger charge is 2.32. The third kappa shape index (κ3) is 2.93. The van der Waals surface area contributed by atoms with E-state index in [1.807, 2.05) is 24.3 Å².